The summed E-state index contributed by atoms with van der Waals surface area (Å²) in [6.07, 6.45) is 2.72. The van der Waals surface area contributed by atoms with Crippen LogP contribution in [0.3, 0.4) is 0 Å². The lowest BCUT2D eigenvalue weighted by Crippen LogP contribution is -2.53. The first-order valence-electron chi connectivity index (χ1n) is 12.1. The number of aryl methyl sites for hydroxylation is 1. The standard InChI is InChI=1S/C28H31N3O5/c1-19-8-10-21(11-9-19)26(32)30-25(27(33)29-18-24-7-4-16-36-24)20-12-14-31(15-13-20)28(34)22-5-3-6-23(17-22)35-2/h3-11,16-17,20,25H,12-15,18H2,1-2H3,(H,29,33)(H,30,32). The number of carbonyl (C=O) groups excluding carboxylic acids is 3. The number of ether oxygens (including phenoxy) is 1. The number of likely N-dealkylation sites (tertiary alicyclic amines) is 1. The second-order valence-corrected chi connectivity index (χ2v) is 8.98. The Hall–Kier alpha value is -4.07. The molecule has 1 aliphatic rings. The second kappa shape index (κ2) is 11.6. The van der Waals surface area contributed by atoms with Crippen molar-refractivity contribution in [1.82, 2.24) is 15.5 Å². The molecular weight excluding hydrogens is 458 g/mol. The fraction of sp³-hybridized carbons (Fsp3) is 0.321. The Kier molecular flexibility index (Phi) is 8.05. The van der Waals surface area contributed by atoms with Crippen molar-refractivity contribution >= 4 is 17.7 Å². The molecule has 1 saturated heterocycles. The Morgan fingerprint density at radius 2 is 1.78 bits per heavy atom. The zero-order chi connectivity index (χ0) is 25.5. The Bertz CT molecular complexity index is 1180. The first kappa shape index (κ1) is 25.0. The van der Waals surface area contributed by atoms with E-state index in [1.54, 1.807) is 66.8 Å². The number of methoxy groups -OCH3 is 1. The summed E-state index contributed by atoms with van der Waals surface area (Å²) in [7, 11) is 1.57. The number of amides is 3. The zero-order valence-electron chi connectivity index (χ0n) is 20.5. The summed E-state index contributed by atoms with van der Waals surface area (Å²) in [6, 6.07) is 17.1. The van der Waals surface area contributed by atoms with Crippen molar-refractivity contribution in [2.45, 2.75) is 32.4 Å². The van der Waals surface area contributed by atoms with Crippen LogP contribution in [-0.4, -0.2) is 48.9 Å². The zero-order valence-corrected chi connectivity index (χ0v) is 20.5. The number of piperidine rings is 1. The lowest BCUT2D eigenvalue weighted by molar-refractivity contribution is -0.124. The lowest BCUT2D eigenvalue weighted by atomic mass is 9.88. The van der Waals surface area contributed by atoms with Crippen molar-refractivity contribution in [2.24, 2.45) is 5.92 Å². The van der Waals surface area contributed by atoms with Crippen molar-refractivity contribution in [1.29, 1.82) is 0 Å². The van der Waals surface area contributed by atoms with E-state index in [-0.39, 0.29) is 30.2 Å². The molecule has 1 atom stereocenters. The summed E-state index contributed by atoms with van der Waals surface area (Å²) in [5, 5.41) is 5.82. The highest BCUT2D eigenvalue weighted by Crippen LogP contribution is 2.24. The van der Waals surface area contributed by atoms with Gasteiger partial charge < -0.3 is 24.7 Å². The maximum absolute atomic E-state index is 13.2. The molecule has 0 bridgehead atoms. The number of nitrogens with one attached hydrogen (secondary N) is 2. The summed E-state index contributed by atoms with van der Waals surface area (Å²) in [4.78, 5) is 41.0. The Balaban J connectivity index is 1.44. The molecule has 1 aliphatic heterocycles. The van der Waals surface area contributed by atoms with Gasteiger partial charge in [0, 0.05) is 24.2 Å². The monoisotopic (exact) mass is 489 g/mol. The minimum absolute atomic E-state index is 0.0742. The number of carbonyl (C=O) groups is 3. The summed E-state index contributed by atoms with van der Waals surface area (Å²) in [6.45, 7) is 3.16. The molecule has 2 aromatic carbocycles. The molecule has 0 saturated carbocycles. The predicted molar refractivity (Wildman–Crippen MR) is 135 cm³/mol. The van der Waals surface area contributed by atoms with Crippen LogP contribution in [-0.2, 0) is 11.3 Å². The quantitative estimate of drug-likeness (QED) is 0.504. The predicted octanol–water partition coefficient (Wildman–Crippen LogP) is 3.56. The van der Waals surface area contributed by atoms with Crippen molar-refractivity contribution in [3.63, 3.8) is 0 Å². The molecule has 2 heterocycles. The number of hydrogen-bond donors (Lipinski definition) is 2. The first-order chi connectivity index (χ1) is 17.4. The average Bonchev–Trinajstić information content (AvgIpc) is 3.44. The van der Waals surface area contributed by atoms with E-state index in [2.05, 4.69) is 10.6 Å². The molecule has 36 heavy (non-hydrogen) atoms. The number of furan rings is 1. The van der Waals surface area contributed by atoms with Gasteiger partial charge in [-0.05, 0) is 68.1 Å². The van der Waals surface area contributed by atoms with Gasteiger partial charge in [-0.3, -0.25) is 14.4 Å². The lowest BCUT2D eigenvalue weighted by Gasteiger charge is -2.36. The fourth-order valence-electron chi connectivity index (χ4n) is 4.40. The molecule has 1 unspecified atom stereocenters. The molecule has 3 amide bonds. The second-order valence-electron chi connectivity index (χ2n) is 8.98. The van der Waals surface area contributed by atoms with Gasteiger partial charge >= 0.3 is 0 Å². The highest BCUT2D eigenvalue weighted by atomic mass is 16.5. The molecule has 8 heteroatoms. The first-order valence-corrected chi connectivity index (χ1v) is 12.1. The Morgan fingerprint density at radius 3 is 2.44 bits per heavy atom. The van der Waals surface area contributed by atoms with Gasteiger partial charge in [0.25, 0.3) is 11.8 Å². The molecule has 0 aliphatic carbocycles. The smallest absolute Gasteiger partial charge is 0.253 e. The number of hydrogen-bond acceptors (Lipinski definition) is 5. The summed E-state index contributed by atoms with van der Waals surface area (Å²) in [5.41, 5.74) is 2.11. The van der Waals surface area contributed by atoms with Gasteiger partial charge in [0.1, 0.15) is 17.6 Å². The van der Waals surface area contributed by atoms with E-state index in [0.29, 0.717) is 48.6 Å². The molecule has 3 aromatic rings. The van der Waals surface area contributed by atoms with Crippen LogP contribution in [0.4, 0.5) is 0 Å². The van der Waals surface area contributed by atoms with Crippen LogP contribution in [0, 0.1) is 12.8 Å². The third-order valence-corrected chi connectivity index (χ3v) is 6.51. The van der Waals surface area contributed by atoms with Gasteiger partial charge in [0.2, 0.25) is 5.91 Å². The molecule has 2 N–H and O–H groups in total. The van der Waals surface area contributed by atoms with Gasteiger partial charge in [0.05, 0.1) is 19.9 Å². The molecule has 8 nitrogen and oxygen atoms in total. The van der Waals surface area contributed by atoms with E-state index in [4.69, 9.17) is 9.15 Å². The van der Waals surface area contributed by atoms with Gasteiger partial charge in [0.15, 0.2) is 0 Å². The van der Waals surface area contributed by atoms with Crippen LogP contribution in [0.2, 0.25) is 0 Å². The maximum Gasteiger partial charge on any atom is 0.253 e. The normalized spacial score (nSPS) is 14.7. The summed E-state index contributed by atoms with van der Waals surface area (Å²) < 4.78 is 10.5. The topological polar surface area (TPSA) is 101 Å². The fourth-order valence-corrected chi connectivity index (χ4v) is 4.40. The van der Waals surface area contributed by atoms with Gasteiger partial charge in [-0.15, -0.1) is 0 Å². The molecule has 1 fully saturated rings. The molecule has 0 spiro atoms. The Morgan fingerprint density at radius 1 is 1.03 bits per heavy atom. The third kappa shape index (κ3) is 6.13. The highest BCUT2D eigenvalue weighted by Gasteiger charge is 2.34. The highest BCUT2D eigenvalue weighted by molar-refractivity contribution is 5.98. The molecule has 4 rings (SSSR count). The van der Waals surface area contributed by atoms with Gasteiger partial charge in [-0.25, -0.2) is 0 Å². The van der Waals surface area contributed by atoms with Crippen LogP contribution in [0.5, 0.6) is 5.75 Å². The van der Waals surface area contributed by atoms with Crippen LogP contribution in [0.15, 0.2) is 71.3 Å². The number of rotatable bonds is 8. The number of nitrogens with zero attached hydrogens (tertiary/aromatic N) is 1. The number of benzene rings is 2. The average molecular weight is 490 g/mol. The minimum Gasteiger partial charge on any atom is -0.497 e. The van der Waals surface area contributed by atoms with Crippen LogP contribution in [0.1, 0.15) is 44.9 Å². The van der Waals surface area contributed by atoms with E-state index in [1.807, 2.05) is 19.1 Å². The van der Waals surface area contributed by atoms with Crippen molar-refractivity contribution < 1.29 is 23.5 Å². The van der Waals surface area contributed by atoms with Crippen molar-refractivity contribution in [3.8, 4) is 5.75 Å². The van der Waals surface area contributed by atoms with Gasteiger partial charge in [-0.2, -0.15) is 0 Å². The SMILES string of the molecule is COc1cccc(C(=O)N2CCC(C(NC(=O)c3ccc(C)cc3)C(=O)NCc3ccco3)CC2)c1. The van der Waals surface area contributed by atoms with Crippen LogP contribution < -0.4 is 15.4 Å². The molecule has 188 valence electrons. The van der Waals surface area contributed by atoms with E-state index < -0.39 is 6.04 Å². The summed E-state index contributed by atoms with van der Waals surface area (Å²) in [5.74, 6) is 0.487. The van der Waals surface area contributed by atoms with E-state index in [1.165, 1.54) is 0 Å². The van der Waals surface area contributed by atoms with Crippen LogP contribution in [0.25, 0.3) is 0 Å². The van der Waals surface area contributed by atoms with Crippen molar-refractivity contribution in [2.75, 3.05) is 20.2 Å². The van der Waals surface area contributed by atoms with Crippen molar-refractivity contribution in [3.05, 3.63) is 89.4 Å². The molecular formula is C28H31N3O5. The summed E-state index contributed by atoms with van der Waals surface area (Å²) >= 11 is 0. The third-order valence-electron chi connectivity index (χ3n) is 6.51. The largest absolute Gasteiger partial charge is 0.497 e. The van der Waals surface area contributed by atoms with E-state index >= 15 is 0 Å². The Labute approximate surface area is 210 Å². The molecule has 0 radical (unpaired) electrons. The maximum atomic E-state index is 13.2. The van der Waals surface area contributed by atoms with E-state index in [0.717, 1.165) is 5.56 Å². The molecule has 1 aromatic heterocycles. The minimum atomic E-state index is -0.733. The van der Waals surface area contributed by atoms with Crippen LogP contribution >= 0.6 is 0 Å². The van der Waals surface area contributed by atoms with Gasteiger partial charge in [-0.1, -0.05) is 23.8 Å². The van der Waals surface area contributed by atoms with E-state index in [9.17, 15) is 14.4 Å².